The number of carboxylic acids is 1. The summed E-state index contributed by atoms with van der Waals surface area (Å²) in [5.41, 5.74) is 3.16. The summed E-state index contributed by atoms with van der Waals surface area (Å²) in [4.78, 5) is 36.8. The van der Waals surface area contributed by atoms with Crippen LogP contribution in [0.5, 0.6) is 0 Å². The van der Waals surface area contributed by atoms with Crippen molar-refractivity contribution in [1.29, 1.82) is 0 Å². The Morgan fingerprint density at radius 2 is 1.62 bits per heavy atom. The summed E-state index contributed by atoms with van der Waals surface area (Å²) in [6, 6.07) is 15.0. The lowest BCUT2D eigenvalue weighted by molar-refractivity contribution is -0.143. The number of nitrogens with one attached hydrogen (secondary N) is 2. The van der Waals surface area contributed by atoms with Crippen molar-refractivity contribution >= 4 is 18.0 Å². The molecule has 0 spiro atoms. The van der Waals surface area contributed by atoms with Gasteiger partial charge >= 0.3 is 12.1 Å². The molecule has 1 fully saturated rings. The molecule has 32 heavy (non-hydrogen) atoms. The predicted molar refractivity (Wildman–Crippen MR) is 116 cm³/mol. The summed E-state index contributed by atoms with van der Waals surface area (Å²) >= 11 is 0. The van der Waals surface area contributed by atoms with Crippen molar-refractivity contribution in [3.05, 3.63) is 59.7 Å². The molecular formula is C24H26N2O6. The standard InChI is InChI=1S/C24H26N2O6/c1-15(21(27)28)25-22(29)24(10-12-31-13-11-24)26-23(30)32-14-20-18-8-4-2-6-16(18)17-7-3-5-9-19(17)20/h2-9,15,20H,10-14H2,1H3,(H,25,29)(H,26,30)(H,27,28)/t15-/m1/s1. The van der Waals surface area contributed by atoms with Crippen LogP contribution in [0.1, 0.15) is 36.8 Å². The number of carboxylic acid groups (broad SMARTS) is 1. The third-order valence-electron chi connectivity index (χ3n) is 6.18. The topological polar surface area (TPSA) is 114 Å². The van der Waals surface area contributed by atoms with Crippen LogP contribution in [0.2, 0.25) is 0 Å². The fraction of sp³-hybridized carbons (Fsp3) is 0.375. The Hall–Kier alpha value is -3.39. The minimum absolute atomic E-state index is 0.0975. The van der Waals surface area contributed by atoms with Gasteiger partial charge in [-0.1, -0.05) is 48.5 Å². The van der Waals surface area contributed by atoms with Gasteiger partial charge in [0.1, 0.15) is 18.2 Å². The first kappa shape index (κ1) is 21.8. The number of aliphatic carboxylic acids is 1. The molecule has 2 aromatic rings. The number of hydrogen-bond donors (Lipinski definition) is 3. The lowest BCUT2D eigenvalue weighted by Gasteiger charge is -2.36. The summed E-state index contributed by atoms with van der Waals surface area (Å²) in [6.45, 7) is 2.05. The highest BCUT2D eigenvalue weighted by atomic mass is 16.5. The molecule has 2 aliphatic rings. The lowest BCUT2D eigenvalue weighted by atomic mass is 9.88. The number of alkyl carbamates (subject to hydrolysis) is 1. The van der Waals surface area contributed by atoms with Crippen molar-refractivity contribution in [2.45, 2.75) is 37.3 Å². The predicted octanol–water partition coefficient (Wildman–Crippen LogP) is 2.66. The first-order valence-electron chi connectivity index (χ1n) is 10.7. The van der Waals surface area contributed by atoms with E-state index in [1.807, 2.05) is 36.4 Å². The van der Waals surface area contributed by atoms with Crippen molar-refractivity contribution in [3.8, 4) is 11.1 Å². The maximum Gasteiger partial charge on any atom is 0.408 e. The van der Waals surface area contributed by atoms with Crippen LogP contribution in [-0.4, -0.2) is 54.5 Å². The van der Waals surface area contributed by atoms with Crippen LogP contribution in [-0.2, 0) is 19.1 Å². The van der Waals surface area contributed by atoms with Crippen LogP contribution >= 0.6 is 0 Å². The molecule has 2 aromatic carbocycles. The zero-order valence-corrected chi connectivity index (χ0v) is 17.8. The Labute approximate surface area is 185 Å². The molecular weight excluding hydrogens is 412 g/mol. The van der Waals surface area contributed by atoms with Gasteiger partial charge < -0.3 is 25.2 Å². The van der Waals surface area contributed by atoms with Gasteiger partial charge in [-0.2, -0.15) is 0 Å². The first-order valence-corrected chi connectivity index (χ1v) is 10.7. The zero-order chi connectivity index (χ0) is 22.7. The molecule has 168 valence electrons. The maximum absolute atomic E-state index is 12.9. The van der Waals surface area contributed by atoms with E-state index in [4.69, 9.17) is 14.6 Å². The molecule has 2 amide bonds. The van der Waals surface area contributed by atoms with Gasteiger partial charge in [-0.05, 0) is 29.2 Å². The smallest absolute Gasteiger partial charge is 0.408 e. The second kappa shape index (κ2) is 9.00. The van der Waals surface area contributed by atoms with Crippen molar-refractivity contribution in [2.75, 3.05) is 19.8 Å². The molecule has 3 N–H and O–H groups in total. The molecule has 1 saturated heterocycles. The van der Waals surface area contributed by atoms with Crippen LogP contribution in [0.15, 0.2) is 48.5 Å². The minimum atomic E-state index is -1.27. The number of benzene rings is 2. The molecule has 1 heterocycles. The lowest BCUT2D eigenvalue weighted by Crippen LogP contribution is -2.63. The van der Waals surface area contributed by atoms with Gasteiger partial charge in [0.2, 0.25) is 5.91 Å². The molecule has 4 rings (SSSR count). The van der Waals surface area contributed by atoms with Crippen LogP contribution in [0.4, 0.5) is 4.79 Å². The molecule has 8 heteroatoms. The Balaban J connectivity index is 1.46. The molecule has 0 radical (unpaired) electrons. The van der Waals surface area contributed by atoms with Crippen molar-refractivity contribution < 1.29 is 29.0 Å². The van der Waals surface area contributed by atoms with Crippen molar-refractivity contribution in [2.24, 2.45) is 0 Å². The summed E-state index contributed by atoms with van der Waals surface area (Å²) in [6.07, 6.45) is -0.253. The van der Waals surface area contributed by atoms with E-state index in [9.17, 15) is 14.4 Å². The molecule has 0 bridgehead atoms. The average Bonchev–Trinajstić information content (AvgIpc) is 3.12. The van der Waals surface area contributed by atoms with Gasteiger partial charge in [0.25, 0.3) is 0 Å². The van der Waals surface area contributed by atoms with Gasteiger partial charge in [0.15, 0.2) is 0 Å². The van der Waals surface area contributed by atoms with Gasteiger partial charge in [0, 0.05) is 32.0 Å². The van der Waals surface area contributed by atoms with Gasteiger partial charge in [-0.25, -0.2) is 4.79 Å². The number of ether oxygens (including phenoxy) is 2. The van der Waals surface area contributed by atoms with Gasteiger partial charge in [-0.15, -0.1) is 0 Å². The second-order valence-corrected chi connectivity index (χ2v) is 8.18. The monoisotopic (exact) mass is 438 g/mol. The molecule has 0 aromatic heterocycles. The number of amides is 2. The largest absolute Gasteiger partial charge is 0.480 e. The van der Waals surface area contributed by atoms with E-state index in [-0.39, 0.29) is 38.6 Å². The van der Waals surface area contributed by atoms with E-state index in [0.717, 1.165) is 22.3 Å². The Bertz CT molecular complexity index is 985. The number of carbonyl (C=O) groups is 3. The van der Waals surface area contributed by atoms with E-state index in [2.05, 4.69) is 22.8 Å². The number of rotatable bonds is 6. The Morgan fingerprint density at radius 1 is 1.06 bits per heavy atom. The van der Waals surface area contributed by atoms with E-state index >= 15 is 0 Å². The highest BCUT2D eigenvalue weighted by molar-refractivity contribution is 5.92. The number of hydrogen-bond acceptors (Lipinski definition) is 5. The van der Waals surface area contributed by atoms with Crippen LogP contribution in [0.3, 0.4) is 0 Å². The molecule has 8 nitrogen and oxygen atoms in total. The van der Waals surface area contributed by atoms with Crippen molar-refractivity contribution in [1.82, 2.24) is 10.6 Å². The maximum atomic E-state index is 12.9. The molecule has 0 saturated carbocycles. The quantitative estimate of drug-likeness (QED) is 0.639. The van der Waals surface area contributed by atoms with E-state index in [1.165, 1.54) is 6.92 Å². The normalized spacial score (nSPS) is 17.5. The molecule has 1 atom stereocenters. The van der Waals surface area contributed by atoms with Crippen LogP contribution in [0.25, 0.3) is 11.1 Å². The summed E-state index contributed by atoms with van der Waals surface area (Å²) < 4.78 is 10.9. The van der Waals surface area contributed by atoms with Crippen LogP contribution in [0, 0.1) is 0 Å². The average molecular weight is 438 g/mol. The molecule has 1 aliphatic heterocycles. The highest BCUT2D eigenvalue weighted by Crippen LogP contribution is 2.44. The Kier molecular flexibility index (Phi) is 6.14. The van der Waals surface area contributed by atoms with Crippen molar-refractivity contribution in [3.63, 3.8) is 0 Å². The Morgan fingerprint density at radius 3 is 2.19 bits per heavy atom. The van der Waals surface area contributed by atoms with E-state index in [0.29, 0.717) is 0 Å². The van der Waals surface area contributed by atoms with Crippen LogP contribution < -0.4 is 10.6 Å². The minimum Gasteiger partial charge on any atom is -0.480 e. The number of carbonyl (C=O) groups excluding carboxylic acids is 2. The molecule has 1 aliphatic carbocycles. The fourth-order valence-electron chi connectivity index (χ4n) is 4.36. The highest BCUT2D eigenvalue weighted by Gasteiger charge is 2.43. The summed E-state index contributed by atoms with van der Waals surface area (Å²) in [5.74, 6) is -1.80. The van der Waals surface area contributed by atoms with Gasteiger partial charge in [0.05, 0.1) is 0 Å². The first-order chi connectivity index (χ1) is 15.4. The third kappa shape index (κ3) is 4.18. The summed E-state index contributed by atoms with van der Waals surface area (Å²) in [5, 5.41) is 14.3. The molecule has 0 unspecified atom stereocenters. The van der Waals surface area contributed by atoms with E-state index in [1.54, 1.807) is 0 Å². The summed E-state index contributed by atoms with van der Waals surface area (Å²) in [7, 11) is 0. The zero-order valence-electron chi connectivity index (χ0n) is 17.8. The van der Waals surface area contributed by atoms with E-state index < -0.39 is 29.6 Å². The number of fused-ring (bicyclic) bond motifs is 3. The SMILES string of the molecule is C[C@@H](NC(=O)C1(NC(=O)OCC2c3ccccc3-c3ccccc32)CCOCC1)C(=O)O. The second-order valence-electron chi connectivity index (χ2n) is 8.18. The fourth-order valence-corrected chi connectivity index (χ4v) is 4.36. The third-order valence-corrected chi connectivity index (χ3v) is 6.18. The van der Waals surface area contributed by atoms with Gasteiger partial charge in [-0.3, -0.25) is 9.59 Å².